The van der Waals surface area contributed by atoms with Gasteiger partial charge in [-0.2, -0.15) is 5.10 Å². The molecule has 0 aliphatic heterocycles. The molecule has 0 unspecified atom stereocenters. The Labute approximate surface area is 94.4 Å². The normalized spacial score (nSPS) is 12.5. The Hall–Kier alpha value is -1.37. The van der Waals surface area contributed by atoms with E-state index >= 15 is 0 Å². The van der Waals surface area contributed by atoms with Gasteiger partial charge in [0.1, 0.15) is 10.6 Å². The van der Waals surface area contributed by atoms with E-state index in [0.717, 1.165) is 11.8 Å². The zero-order valence-corrected chi connectivity index (χ0v) is 10.5. The first-order valence-corrected chi connectivity index (χ1v) is 6.56. The molecule has 0 aliphatic rings. The molecule has 6 nitrogen and oxygen atoms in total. The Bertz CT molecular complexity index is 502. The fraction of sp³-hybridized carbons (Fsp3) is 0.556. The zero-order valence-electron chi connectivity index (χ0n) is 9.66. The lowest BCUT2D eigenvalue weighted by atomic mass is 10.2. The molecule has 1 aromatic rings. The molecule has 1 heterocycles. The van der Waals surface area contributed by atoms with Gasteiger partial charge in [-0.25, -0.2) is 8.42 Å². The average molecular weight is 245 g/mol. The maximum Gasteiger partial charge on any atom is 0.246 e. The summed E-state index contributed by atoms with van der Waals surface area (Å²) in [7, 11) is -3.46. The minimum absolute atomic E-state index is 0.418. The summed E-state index contributed by atoms with van der Waals surface area (Å²) in [6.45, 7) is 4.49. The molecule has 0 radical (unpaired) electrons. The number of hydrogen-bond donors (Lipinski definition) is 2. The van der Waals surface area contributed by atoms with E-state index in [4.69, 9.17) is 0 Å². The van der Waals surface area contributed by atoms with Crippen LogP contribution in [-0.2, 0) is 14.6 Å². The maximum atomic E-state index is 11.8. The van der Waals surface area contributed by atoms with Gasteiger partial charge < -0.3 is 5.32 Å². The van der Waals surface area contributed by atoms with Crippen LogP contribution in [0.2, 0.25) is 0 Å². The van der Waals surface area contributed by atoms with Gasteiger partial charge in [0, 0.05) is 11.8 Å². The summed E-state index contributed by atoms with van der Waals surface area (Å²) in [5.41, 5.74) is 0.748. The van der Waals surface area contributed by atoms with Crippen molar-refractivity contribution in [2.45, 2.75) is 25.5 Å². The average Bonchev–Trinajstić information content (AvgIpc) is 2.49. The highest BCUT2D eigenvalue weighted by molar-refractivity contribution is 7.92. The Morgan fingerprint density at radius 2 is 2.06 bits per heavy atom. The molecule has 1 amide bonds. The van der Waals surface area contributed by atoms with E-state index in [9.17, 15) is 13.2 Å². The summed E-state index contributed by atoms with van der Waals surface area (Å²) in [6.07, 6.45) is 2.58. The number of hydrogen-bond acceptors (Lipinski definition) is 4. The quantitative estimate of drug-likeness (QED) is 0.810. The van der Waals surface area contributed by atoms with Crippen LogP contribution in [0.3, 0.4) is 0 Å². The number of rotatable bonds is 3. The van der Waals surface area contributed by atoms with Gasteiger partial charge in [-0.15, -0.1) is 0 Å². The Kier molecular flexibility index (Phi) is 3.09. The number of sulfone groups is 1. The molecule has 0 aliphatic carbocycles. The molecule has 0 saturated carbocycles. The molecule has 1 rings (SSSR count). The van der Waals surface area contributed by atoms with E-state index in [1.54, 1.807) is 13.1 Å². The Morgan fingerprint density at radius 1 is 1.50 bits per heavy atom. The SMILES string of the molecule is Cc1cn[nH]c1NC(=O)C(C)(C)S(C)(=O)=O. The van der Waals surface area contributed by atoms with Crippen molar-refractivity contribution in [3.63, 3.8) is 0 Å². The third-order valence-corrected chi connectivity index (χ3v) is 4.58. The van der Waals surface area contributed by atoms with Crippen molar-refractivity contribution in [2.75, 3.05) is 11.6 Å². The van der Waals surface area contributed by atoms with Gasteiger partial charge in [0.2, 0.25) is 5.91 Å². The molecule has 0 bridgehead atoms. The molecule has 16 heavy (non-hydrogen) atoms. The summed E-state index contributed by atoms with van der Waals surface area (Å²) >= 11 is 0. The van der Waals surface area contributed by atoms with Crippen LogP contribution in [0.1, 0.15) is 19.4 Å². The molecular formula is C9H15N3O3S. The first-order chi connectivity index (χ1) is 7.16. The number of carbonyl (C=O) groups excluding carboxylic acids is 1. The lowest BCUT2D eigenvalue weighted by molar-refractivity contribution is -0.117. The summed E-state index contributed by atoms with van der Waals surface area (Å²) in [4.78, 5) is 11.8. The molecule has 0 spiro atoms. The van der Waals surface area contributed by atoms with Gasteiger partial charge in [-0.3, -0.25) is 9.89 Å². The van der Waals surface area contributed by atoms with Crippen molar-refractivity contribution < 1.29 is 13.2 Å². The standard InChI is InChI=1S/C9H15N3O3S/c1-6-5-10-12-7(6)11-8(13)9(2,3)16(4,14)15/h5H,1-4H3,(H2,10,11,12,13). The van der Waals surface area contributed by atoms with Crippen LogP contribution >= 0.6 is 0 Å². The van der Waals surface area contributed by atoms with Crippen molar-refractivity contribution in [1.29, 1.82) is 0 Å². The summed E-state index contributed by atoms with van der Waals surface area (Å²) in [6, 6.07) is 0. The van der Waals surface area contributed by atoms with Gasteiger partial charge >= 0.3 is 0 Å². The summed E-state index contributed by atoms with van der Waals surface area (Å²) < 4.78 is 21.4. The number of carbonyl (C=O) groups is 1. The number of aromatic nitrogens is 2. The van der Waals surface area contributed by atoms with E-state index in [2.05, 4.69) is 15.5 Å². The van der Waals surface area contributed by atoms with Crippen LogP contribution in [0.4, 0.5) is 5.82 Å². The van der Waals surface area contributed by atoms with Gasteiger partial charge in [-0.05, 0) is 20.8 Å². The number of amides is 1. The van der Waals surface area contributed by atoms with Crippen LogP contribution in [0, 0.1) is 6.92 Å². The molecule has 7 heteroatoms. The molecule has 1 aromatic heterocycles. The van der Waals surface area contributed by atoms with E-state index in [-0.39, 0.29) is 0 Å². The third-order valence-electron chi connectivity index (χ3n) is 2.54. The highest BCUT2D eigenvalue weighted by Crippen LogP contribution is 2.18. The molecule has 0 aromatic carbocycles. The van der Waals surface area contributed by atoms with Crippen molar-refractivity contribution in [3.05, 3.63) is 11.8 Å². The minimum Gasteiger partial charge on any atom is -0.309 e. The summed E-state index contributed by atoms with van der Waals surface area (Å²) in [5, 5.41) is 8.81. The highest BCUT2D eigenvalue weighted by atomic mass is 32.2. The first-order valence-electron chi connectivity index (χ1n) is 4.67. The zero-order chi connectivity index (χ0) is 12.6. The predicted molar refractivity (Wildman–Crippen MR) is 60.9 cm³/mol. The maximum absolute atomic E-state index is 11.8. The molecule has 90 valence electrons. The van der Waals surface area contributed by atoms with Crippen LogP contribution < -0.4 is 5.32 Å². The minimum atomic E-state index is -3.46. The number of aryl methyl sites for hydroxylation is 1. The van der Waals surface area contributed by atoms with Crippen LogP contribution in [-0.4, -0.2) is 35.5 Å². The fourth-order valence-electron chi connectivity index (χ4n) is 0.905. The molecule has 2 N–H and O–H groups in total. The lowest BCUT2D eigenvalue weighted by Crippen LogP contribution is -2.44. The monoisotopic (exact) mass is 245 g/mol. The Morgan fingerprint density at radius 3 is 2.44 bits per heavy atom. The van der Waals surface area contributed by atoms with Crippen LogP contribution in [0.5, 0.6) is 0 Å². The number of aromatic amines is 1. The largest absolute Gasteiger partial charge is 0.309 e. The van der Waals surface area contributed by atoms with Gasteiger partial charge in [0.25, 0.3) is 0 Å². The molecule has 0 fully saturated rings. The molecule has 0 saturated heterocycles. The smallest absolute Gasteiger partial charge is 0.246 e. The fourth-order valence-corrected chi connectivity index (χ4v) is 1.29. The van der Waals surface area contributed by atoms with Crippen LogP contribution in [0.15, 0.2) is 6.20 Å². The number of anilines is 1. The number of nitrogens with zero attached hydrogens (tertiary/aromatic N) is 1. The van der Waals surface area contributed by atoms with Crippen LogP contribution in [0.25, 0.3) is 0 Å². The van der Waals surface area contributed by atoms with Gasteiger partial charge in [0.05, 0.1) is 6.20 Å². The predicted octanol–water partition coefficient (Wildman–Crippen LogP) is 0.480. The summed E-state index contributed by atoms with van der Waals surface area (Å²) in [5.74, 6) is -0.163. The topological polar surface area (TPSA) is 91.9 Å². The lowest BCUT2D eigenvalue weighted by Gasteiger charge is -2.20. The highest BCUT2D eigenvalue weighted by Gasteiger charge is 2.38. The molecular weight excluding hydrogens is 230 g/mol. The van der Waals surface area contributed by atoms with Crippen molar-refractivity contribution >= 4 is 21.6 Å². The van der Waals surface area contributed by atoms with E-state index < -0.39 is 20.5 Å². The van der Waals surface area contributed by atoms with Crippen molar-refractivity contribution in [2.24, 2.45) is 0 Å². The third kappa shape index (κ3) is 2.24. The van der Waals surface area contributed by atoms with E-state index in [1.807, 2.05) is 0 Å². The van der Waals surface area contributed by atoms with Gasteiger partial charge in [-0.1, -0.05) is 0 Å². The second-order valence-corrected chi connectivity index (χ2v) is 6.73. The van der Waals surface area contributed by atoms with E-state index in [1.165, 1.54) is 13.8 Å². The molecule has 0 atom stereocenters. The Balaban J connectivity index is 2.94. The second kappa shape index (κ2) is 3.89. The number of nitrogens with one attached hydrogen (secondary N) is 2. The van der Waals surface area contributed by atoms with E-state index in [0.29, 0.717) is 5.82 Å². The van der Waals surface area contributed by atoms with Crippen molar-refractivity contribution in [1.82, 2.24) is 10.2 Å². The van der Waals surface area contributed by atoms with Crippen molar-refractivity contribution in [3.8, 4) is 0 Å². The second-order valence-electron chi connectivity index (χ2n) is 4.16. The first kappa shape index (κ1) is 12.7. The van der Waals surface area contributed by atoms with Gasteiger partial charge in [0.15, 0.2) is 9.84 Å². The number of H-pyrrole nitrogens is 1.